The molecule has 0 aromatic heterocycles. The van der Waals surface area contributed by atoms with Gasteiger partial charge in [-0.15, -0.1) is 0 Å². The molecule has 6 aliphatic rings. The molecular weight excluding hydrogens is 1180 g/mol. The molecule has 0 bridgehead atoms. The van der Waals surface area contributed by atoms with Crippen LogP contribution in [-0.4, -0.2) is 107 Å². The van der Waals surface area contributed by atoms with Gasteiger partial charge < -0.3 is 87.8 Å². The van der Waals surface area contributed by atoms with E-state index in [2.05, 4.69) is 28.4 Å². The van der Waals surface area contributed by atoms with Crippen molar-refractivity contribution < 1.29 is 162 Å². The summed E-state index contributed by atoms with van der Waals surface area (Å²) in [6.07, 6.45) is 0. The van der Waals surface area contributed by atoms with Crippen molar-refractivity contribution in [3.63, 3.8) is 0 Å². The molecule has 427 valence electrons. The predicted octanol–water partition coefficient (Wildman–Crippen LogP) is -3.84. The van der Waals surface area contributed by atoms with Gasteiger partial charge in [0.1, 0.15) is 0 Å². The summed E-state index contributed by atoms with van der Waals surface area (Å²) in [5.41, 5.74) is -0.627. The molecule has 85 heavy (non-hydrogen) atoms. The second-order valence-electron chi connectivity index (χ2n) is 16.3. The number of hydrogen-bond donors (Lipinski definition) is 0. The minimum Gasteiger partial charge on any atom is -0.545 e. The quantitative estimate of drug-likeness (QED) is 0.0667. The molecule has 6 aromatic rings. The number of fused-ring (bicyclic) bond motifs is 6. The minimum atomic E-state index is -1.40. The fourth-order valence-corrected chi connectivity index (χ4v) is 7.27. The van der Waals surface area contributed by atoms with Crippen LogP contribution in [-0.2, 0) is 45.5 Å². The van der Waals surface area contributed by atoms with E-state index in [1.165, 1.54) is 72.8 Å². The summed E-state index contributed by atoms with van der Waals surface area (Å²) < 4.78 is 25.7. The van der Waals surface area contributed by atoms with E-state index in [-0.39, 0.29) is 117 Å². The monoisotopic (exact) mass is 1200 g/mol. The molecule has 31 heteroatoms. The van der Waals surface area contributed by atoms with Crippen LogP contribution in [0.15, 0.2) is 109 Å². The Morgan fingerprint density at radius 2 is 0.306 bits per heavy atom. The third kappa shape index (κ3) is 13.2. The summed E-state index contributed by atoms with van der Waals surface area (Å²) in [7, 11) is 0. The van der Waals surface area contributed by atoms with Crippen LogP contribution in [0.4, 0.5) is 0 Å². The van der Waals surface area contributed by atoms with Gasteiger partial charge in [0.25, 0.3) is 0 Å². The molecule has 6 heterocycles. The van der Waals surface area contributed by atoms with Crippen molar-refractivity contribution in [2.75, 3.05) is 0 Å². The van der Waals surface area contributed by atoms with E-state index in [1.807, 2.05) is 0 Å². The van der Waals surface area contributed by atoms with Gasteiger partial charge in [-0.25, -0.2) is 57.5 Å². The minimum absolute atomic E-state index is 0. The summed E-state index contributed by atoms with van der Waals surface area (Å²) in [5.74, 6) is -17.9. The Labute approximate surface area is 477 Å². The van der Waals surface area contributed by atoms with E-state index >= 15 is 0 Å². The van der Waals surface area contributed by atoms with Crippen molar-refractivity contribution in [3.05, 3.63) is 209 Å². The third-order valence-electron chi connectivity index (χ3n) is 11.3. The van der Waals surface area contributed by atoms with Gasteiger partial charge in [-0.1, -0.05) is 36.4 Å². The zero-order valence-electron chi connectivity index (χ0n) is 41.0. The fraction of sp³-hybridized carbons (Fsp3) is 0. The van der Waals surface area contributed by atoms with Gasteiger partial charge in [0, 0.05) is 17.1 Å². The summed E-state index contributed by atoms with van der Waals surface area (Å²) in [5, 5.41) is 62.6. The topological polar surface area (TPSA) is 501 Å². The second-order valence-corrected chi connectivity index (χ2v) is 16.3. The Kier molecular flexibility index (Phi) is 18.1. The van der Waals surface area contributed by atoms with Crippen molar-refractivity contribution in [3.8, 4) is 0 Å². The van der Waals surface area contributed by atoms with Gasteiger partial charge in [-0.3, -0.25) is 0 Å². The summed E-state index contributed by atoms with van der Waals surface area (Å²) in [6.45, 7) is 0. The van der Waals surface area contributed by atoms with Gasteiger partial charge in [0.05, 0.1) is 103 Å². The van der Waals surface area contributed by atoms with E-state index in [9.17, 15) is 117 Å². The Morgan fingerprint density at radius 1 is 0.200 bits per heavy atom. The number of aromatic carboxylic acids is 6. The molecule has 0 fully saturated rings. The van der Waals surface area contributed by atoms with Crippen LogP contribution in [0, 0.1) is 0 Å². The Bertz CT molecular complexity index is 3450. The van der Waals surface area contributed by atoms with Gasteiger partial charge in [-0.2, -0.15) is 0 Å². The van der Waals surface area contributed by atoms with E-state index in [4.69, 9.17) is 0 Å². The van der Waals surface area contributed by atoms with Crippen LogP contribution in [0.5, 0.6) is 0 Å². The van der Waals surface area contributed by atoms with Crippen LogP contribution in [0.2, 0.25) is 0 Å². The second kappa shape index (κ2) is 24.9. The van der Waals surface area contributed by atoms with E-state index in [0.717, 1.165) is 36.4 Å². The largest absolute Gasteiger partial charge is 0.545 e. The number of carbonyl (C=O) groups excluding carboxylic acids is 18. The zero-order valence-corrected chi connectivity index (χ0v) is 42.2. The Balaban J connectivity index is 0.000000163. The van der Waals surface area contributed by atoms with Crippen molar-refractivity contribution in [2.45, 2.75) is 0 Å². The molecule has 30 nitrogen and oxygen atoms in total. The first-order valence-corrected chi connectivity index (χ1v) is 22.3. The molecule has 0 amide bonds. The standard InChI is InChI=1S/6C9H4O5.Mn/c6*10-7(11)4-1-2-5-6(3-4)9(13)14-8(5)12;/h6*1-3H,(H,10,11);/p-6. The molecule has 0 aliphatic carbocycles. The SMILES string of the molecule is O=C([O-])c1ccc2c(c1)C(=O)OC2=O.O=C([O-])c1ccc2c(c1)C(=O)OC2=O.O=C([O-])c1ccc2c(c1)C(=O)OC2=O.O=C([O-])c1ccc2c(c1)C(=O)OC2=O.O=C([O-])c1ccc2c(c1)C(=O)OC2=O.O=C([O-])c1ccc2c(c1)C(=O)OC2=O.[Mn]. The first-order valence-electron chi connectivity index (χ1n) is 22.3. The Hall–Kier alpha value is -12.5. The van der Waals surface area contributed by atoms with Crippen molar-refractivity contribution in [1.82, 2.24) is 0 Å². The van der Waals surface area contributed by atoms with Crippen LogP contribution < -0.4 is 30.6 Å². The number of carboxylic acid groups (broad SMARTS) is 6. The average Bonchev–Trinajstić information content (AvgIpc) is 4.48. The summed E-state index contributed by atoms with van der Waals surface area (Å²) in [6, 6.07) is 20.9. The molecule has 0 N–H and O–H groups in total. The van der Waals surface area contributed by atoms with Gasteiger partial charge in [0.2, 0.25) is 0 Å². The number of ether oxygens (including phenoxy) is 6. The number of benzene rings is 6. The normalized spacial score (nSPS) is 13.6. The van der Waals surface area contributed by atoms with Crippen LogP contribution in [0.1, 0.15) is 186 Å². The van der Waals surface area contributed by atoms with Crippen molar-refractivity contribution in [2.24, 2.45) is 0 Å². The van der Waals surface area contributed by atoms with E-state index in [1.54, 1.807) is 0 Å². The van der Waals surface area contributed by atoms with Gasteiger partial charge >= 0.3 is 71.6 Å². The number of carbonyl (C=O) groups is 18. The first-order chi connectivity index (χ1) is 39.6. The number of cyclic esters (lactones) is 12. The maximum atomic E-state index is 11.0. The maximum absolute atomic E-state index is 11.0. The third-order valence-corrected chi connectivity index (χ3v) is 11.3. The summed E-state index contributed by atoms with van der Waals surface area (Å²) >= 11 is 0. The number of hydrogen-bond acceptors (Lipinski definition) is 30. The number of esters is 12. The molecule has 6 aromatic carbocycles. The maximum Gasteiger partial charge on any atom is 0.346 e. The van der Waals surface area contributed by atoms with Crippen molar-refractivity contribution in [1.29, 1.82) is 0 Å². The van der Waals surface area contributed by atoms with Crippen LogP contribution in [0.25, 0.3) is 0 Å². The number of rotatable bonds is 6. The molecule has 0 unspecified atom stereocenters. The van der Waals surface area contributed by atoms with Crippen molar-refractivity contribution >= 4 is 107 Å². The summed E-state index contributed by atoms with van der Waals surface area (Å²) in [4.78, 5) is 194. The molecule has 1 radical (unpaired) electrons. The van der Waals surface area contributed by atoms with Gasteiger partial charge in [0.15, 0.2) is 0 Å². The smallest absolute Gasteiger partial charge is 0.346 e. The van der Waals surface area contributed by atoms with Gasteiger partial charge in [-0.05, 0) is 106 Å². The fourth-order valence-electron chi connectivity index (χ4n) is 7.27. The molecule has 0 spiro atoms. The first kappa shape index (κ1) is 61.7. The molecule has 12 rings (SSSR count). The Morgan fingerprint density at radius 3 is 0.412 bits per heavy atom. The van der Waals surface area contributed by atoms with E-state index in [0.29, 0.717) is 0 Å². The molecular formula is C54H18MnO30-6. The zero-order chi connectivity index (χ0) is 61.8. The van der Waals surface area contributed by atoms with Crippen LogP contribution >= 0.6 is 0 Å². The predicted molar refractivity (Wildman–Crippen MR) is 243 cm³/mol. The molecule has 0 atom stereocenters. The molecule has 0 saturated heterocycles. The number of carboxylic acids is 6. The molecule has 0 saturated carbocycles. The molecule has 6 aliphatic heterocycles. The van der Waals surface area contributed by atoms with E-state index < -0.39 is 107 Å². The van der Waals surface area contributed by atoms with Crippen LogP contribution in [0.3, 0.4) is 0 Å². The average molecular weight is 1200 g/mol.